The van der Waals surface area contributed by atoms with Gasteiger partial charge in [-0.3, -0.25) is 14.7 Å². The zero-order valence-electron chi connectivity index (χ0n) is 12.1. The third-order valence-electron chi connectivity index (χ3n) is 3.47. The molecule has 9 nitrogen and oxygen atoms in total. The predicted molar refractivity (Wildman–Crippen MR) is 78.8 cm³/mol. The summed E-state index contributed by atoms with van der Waals surface area (Å²) >= 11 is 0. The first-order valence-electron chi connectivity index (χ1n) is 6.87. The Hall–Kier alpha value is -2.97. The second-order valence-electron chi connectivity index (χ2n) is 4.87. The first-order chi connectivity index (χ1) is 10.6. The van der Waals surface area contributed by atoms with Crippen molar-refractivity contribution in [3.8, 4) is 0 Å². The summed E-state index contributed by atoms with van der Waals surface area (Å²) in [6.07, 6.45) is 5.03. The van der Waals surface area contributed by atoms with E-state index in [1.807, 2.05) is 13.8 Å². The molecule has 3 aromatic rings. The summed E-state index contributed by atoms with van der Waals surface area (Å²) in [6.45, 7) is 4.02. The van der Waals surface area contributed by atoms with Gasteiger partial charge in [0.2, 0.25) is 0 Å². The topological polar surface area (TPSA) is 110 Å². The Morgan fingerprint density at radius 3 is 3.05 bits per heavy atom. The van der Waals surface area contributed by atoms with Crippen LogP contribution < -0.4 is 10.9 Å². The van der Waals surface area contributed by atoms with E-state index >= 15 is 0 Å². The Bertz CT molecular complexity index is 876. The van der Waals surface area contributed by atoms with Crippen LogP contribution in [0.3, 0.4) is 0 Å². The van der Waals surface area contributed by atoms with Crippen molar-refractivity contribution in [3.05, 3.63) is 40.7 Å². The number of nitrogens with zero attached hydrogens (tertiary/aromatic N) is 5. The SMILES string of the molecule is CCC(C)n1nccc1NC(=O)c1cnc2nc[nH]n2c1=O. The molecule has 0 fully saturated rings. The first-order valence-corrected chi connectivity index (χ1v) is 6.87. The lowest BCUT2D eigenvalue weighted by molar-refractivity contribution is 0.102. The van der Waals surface area contributed by atoms with Crippen molar-refractivity contribution in [3.63, 3.8) is 0 Å². The summed E-state index contributed by atoms with van der Waals surface area (Å²) in [6, 6.07) is 1.82. The lowest BCUT2D eigenvalue weighted by atomic mass is 10.2. The molecular weight excluding hydrogens is 286 g/mol. The van der Waals surface area contributed by atoms with E-state index in [2.05, 4.69) is 25.5 Å². The van der Waals surface area contributed by atoms with E-state index in [1.165, 1.54) is 12.5 Å². The van der Waals surface area contributed by atoms with E-state index in [0.29, 0.717) is 5.82 Å². The number of H-pyrrole nitrogens is 1. The number of aromatic amines is 1. The van der Waals surface area contributed by atoms with Gasteiger partial charge in [0.25, 0.3) is 17.2 Å². The molecule has 3 aromatic heterocycles. The lowest BCUT2D eigenvalue weighted by Gasteiger charge is -2.13. The fourth-order valence-corrected chi connectivity index (χ4v) is 2.08. The zero-order valence-corrected chi connectivity index (χ0v) is 12.1. The third kappa shape index (κ3) is 2.26. The summed E-state index contributed by atoms with van der Waals surface area (Å²) in [5.41, 5.74) is -0.576. The van der Waals surface area contributed by atoms with E-state index < -0.39 is 11.5 Å². The number of anilines is 1. The van der Waals surface area contributed by atoms with Gasteiger partial charge in [0.05, 0.1) is 12.2 Å². The van der Waals surface area contributed by atoms with E-state index in [-0.39, 0.29) is 17.4 Å². The van der Waals surface area contributed by atoms with Crippen LogP contribution in [0.15, 0.2) is 29.6 Å². The molecule has 3 rings (SSSR count). The largest absolute Gasteiger partial charge is 0.307 e. The second-order valence-corrected chi connectivity index (χ2v) is 4.87. The Kier molecular flexibility index (Phi) is 3.45. The van der Waals surface area contributed by atoms with Crippen LogP contribution in [0, 0.1) is 0 Å². The third-order valence-corrected chi connectivity index (χ3v) is 3.47. The number of rotatable bonds is 4. The number of hydrogen-bond donors (Lipinski definition) is 2. The van der Waals surface area contributed by atoms with Crippen molar-refractivity contribution in [1.82, 2.24) is 29.4 Å². The zero-order chi connectivity index (χ0) is 15.7. The molecule has 1 amide bonds. The molecule has 0 spiro atoms. The molecule has 2 N–H and O–H groups in total. The van der Waals surface area contributed by atoms with E-state index in [4.69, 9.17) is 0 Å². The van der Waals surface area contributed by atoms with Gasteiger partial charge in [0, 0.05) is 12.3 Å². The number of hydrogen-bond acceptors (Lipinski definition) is 5. The quantitative estimate of drug-likeness (QED) is 0.742. The number of aromatic nitrogens is 6. The summed E-state index contributed by atoms with van der Waals surface area (Å²) in [7, 11) is 0. The maximum absolute atomic E-state index is 12.3. The molecule has 0 saturated carbocycles. The molecule has 0 radical (unpaired) electrons. The van der Waals surface area contributed by atoms with Gasteiger partial charge in [-0.2, -0.15) is 9.61 Å². The number of carbonyl (C=O) groups excluding carboxylic acids is 1. The average Bonchev–Trinajstić information content (AvgIpc) is 3.15. The Morgan fingerprint density at radius 2 is 2.27 bits per heavy atom. The van der Waals surface area contributed by atoms with Crippen LogP contribution in [0.4, 0.5) is 5.82 Å². The molecule has 0 aliphatic rings. The summed E-state index contributed by atoms with van der Waals surface area (Å²) in [5, 5.41) is 9.49. The van der Waals surface area contributed by atoms with E-state index in [1.54, 1.807) is 16.9 Å². The highest BCUT2D eigenvalue weighted by Gasteiger charge is 2.17. The van der Waals surface area contributed by atoms with Gasteiger partial charge in [-0.25, -0.2) is 14.6 Å². The summed E-state index contributed by atoms with van der Waals surface area (Å²) < 4.78 is 2.82. The van der Waals surface area contributed by atoms with Gasteiger partial charge in [-0.1, -0.05) is 6.92 Å². The maximum Gasteiger partial charge on any atom is 0.286 e. The van der Waals surface area contributed by atoms with Crippen molar-refractivity contribution in [1.29, 1.82) is 0 Å². The first kappa shape index (κ1) is 14.0. The molecule has 114 valence electrons. The summed E-state index contributed by atoms with van der Waals surface area (Å²) in [5.74, 6) is 0.214. The molecule has 0 aliphatic heterocycles. The van der Waals surface area contributed by atoms with Crippen molar-refractivity contribution < 1.29 is 4.79 Å². The van der Waals surface area contributed by atoms with Gasteiger partial charge in [-0.15, -0.1) is 0 Å². The fraction of sp³-hybridized carbons (Fsp3) is 0.308. The number of nitrogens with one attached hydrogen (secondary N) is 2. The molecule has 1 unspecified atom stereocenters. The fourth-order valence-electron chi connectivity index (χ4n) is 2.08. The number of fused-ring (bicyclic) bond motifs is 1. The van der Waals surface area contributed by atoms with Crippen LogP contribution in [-0.4, -0.2) is 35.3 Å². The van der Waals surface area contributed by atoms with Gasteiger partial charge in [-0.05, 0) is 13.3 Å². The van der Waals surface area contributed by atoms with Crippen LogP contribution in [0.1, 0.15) is 36.7 Å². The van der Waals surface area contributed by atoms with Crippen LogP contribution >= 0.6 is 0 Å². The van der Waals surface area contributed by atoms with Crippen LogP contribution in [0.2, 0.25) is 0 Å². The highest BCUT2D eigenvalue weighted by Crippen LogP contribution is 2.16. The second kappa shape index (κ2) is 5.43. The highest BCUT2D eigenvalue weighted by molar-refractivity contribution is 6.03. The molecule has 0 bridgehead atoms. The van der Waals surface area contributed by atoms with Crippen LogP contribution in [-0.2, 0) is 0 Å². The minimum atomic E-state index is -0.536. The molecule has 9 heteroatoms. The molecular formula is C13H15N7O2. The van der Waals surface area contributed by atoms with Gasteiger partial charge in [0.15, 0.2) is 0 Å². The predicted octanol–water partition coefficient (Wildman–Crippen LogP) is 0.837. The standard InChI is InChI=1S/C13H15N7O2/c1-3-8(2)19-10(4-5-16-19)18-11(21)9-6-14-13-15-7-17-20(13)12(9)22/h4-8H,3H2,1-2H3,(H,18,21)(H,14,15,17). The van der Waals surface area contributed by atoms with E-state index in [0.717, 1.165) is 10.9 Å². The van der Waals surface area contributed by atoms with Crippen molar-refractivity contribution in [2.75, 3.05) is 5.32 Å². The van der Waals surface area contributed by atoms with Crippen LogP contribution in [0.5, 0.6) is 0 Å². The minimum Gasteiger partial charge on any atom is -0.307 e. The normalized spacial score (nSPS) is 12.5. The average molecular weight is 301 g/mol. The van der Waals surface area contributed by atoms with Crippen LogP contribution in [0.25, 0.3) is 5.78 Å². The molecule has 22 heavy (non-hydrogen) atoms. The van der Waals surface area contributed by atoms with Gasteiger partial charge in [0.1, 0.15) is 17.7 Å². The highest BCUT2D eigenvalue weighted by atomic mass is 16.2. The van der Waals surface area contributed by atoms with Crippen molar-refractivity contribution in [2.24, 2.45) is 0 Å². The summed E-state index contributed by atoms with van der Waals surface area (Å²) in [4.78, 5) is 32.3. The Balaban J connectivity index is 1.92. The Morgan fingerprint density at radius 1 is 1.45 bits per heavy atom. The molecule has 0 aliphatic carbocycles. The van der Waals surface area contributed by atoms with Crippen molar-refractivity contribution >= 4 is 17.5 Å². The smallest absolute Gasteiger partial charge is 0.286 e. The number of carbonyl (C=O) groups is 1. The van der Waals surface area contributed by atoms with E-state index in [9.17, 15) is 9.59 Å². The number of amides is 1. The minimum absolute atomic E-state index is 0.0707. The molecule has 0 aromatic carbocycles. The maximum atomic E-state index is 12.3. The van der Waals surface area contributed by atoms with Gasteiger partial charge >= 0.3 is 0 Å². The van der Waals surface area contributed by atoms with Crippen molar-refractivity contribution in [2.45, 2.75) is 26.3 Å². The lowest BCUT2D eigenvalue weighted by Crippen LogP contribution is -2.28. The van der Waals surface area contributed by atoms with Gasteiger partial charge < -0.3 is 5.32 Å². The molecule has 0 saturated heterocycles. The monoisotopic (exact) mass is 301 g/mol. The molecule has 3 heterocycles. The molecule has 1 atom stereocenters. The Labute approximate surface area is 125 Å².